The second kappa shape index (κ2) is 66.1. The first-order chi connectivity index (χ1) is 66.9. The number of phenolic OH excluding ortho intramolecular Hbond substituents is 1. The predicted octanol–water partition coefficient (Wildman–Crippen LogP) is -11.5. The monoisotopic (exact) mass is 2030 g/mol. The number of carbonyl (C=O) groups excluding carboxylic acids is 16. The van der Waals surface area contributed by atoms with Crippen LogP contribution in [0.4, 0.5) is 0 Å². The highest BCUT2D eigenvalue weighted by Gasteiger charge is 2.39. The van der Waals surface area contributed by atoms with Crippen LogP contribution in [0.5, 0.6) is 5.75 Å². The molecule has 0 heterocycles. The molecule has 0 aliphatic rings. The van der Waals surface area contributed by atoms with Crippen molar-refractivity contribution in [2.45, 2.75) is 233 Å². The summed E-state index contributed by atoms with van der Waals surface area (Å²) >= 11 is 1.14. The van der Waals surface area contributed by atoms with Gasteiger partial charge in [0.15, 0.2) is 23.8 Å². The minimum atomic E-state index is -2.25. The molecule has 2 rings (SSSR count). The van der Waals surface area contributed by atoms with Crippen LogP contribution in [0.1, 0.15) is 147 Å². The Hall–Kier alpha value is -15.5. The van der Waals surface area contributed by atoms with Crippen LogP contribution < -0.4 is 137 Å². The maximum absolute atomic E-state index is 14.9. The van der Waals surface area contributed by atoms with Crippen LogP contribution in [-0.4, -0.2) is 326 Å². The van der Waals surface area contributed by atoms with Gasteiger partial charge in [0.1, 0.15) is 90.8 Å². The molecule has 0 aromatic heterocycles. The van der Waals surface area contributed by atoms with Gasteiger partial charge in [-0.1, -0.05) is 56.3 Å². The van der Waals surface area contributed by atoms with E-state index >= 15 is 0 Å². The number of amides is 16. The molecule has 0 saturated carbocycles. The number of nitrogens with two attached hydrogens (primary N) is 10. The van der Waals surface area contributed by atoms with Crippen LogP contribution in [0.3, 0.4) is 0 Å². The quantitative estimate of drug-likeness (QED) is 0.0166. The molecule has 0 bridgehead atoms. The maximum Gasteiger partial charge on any atom is 0.322 e. The highest BCUT2D eigenvalue weighted by molar-refractivity contribution is 7.98. The molecule has 0 fully saturated rings. The highest BCUT2D eigenvalue weighted by atomic mass is 32.2. The molecule has 0 aliphatic heterocycles. The Balaban J connectivity index is 2.65. The van der Waals surface area contributed by atoms with Gasteiger partial charge in [-0.25, -0.2) is 0 Å². The van der Waals surface area contributed by atoms with E-state index in [-0.39, 0.29) is 133 Å². The fraction of sp³-hybridized carbons (Fsp3) is 0.560. The summed E-state index contributed by atoms with van der Waals surface area (Å²) in [6.07, 6.45) is -7.36. The largest absolute Gasteiger partial charge is 0.508 e. The SMILES string of the molecule is CSCC[C@H](NC(=O)[C@H](CCCN=C(N)N)NC(=O)[C@H](CCCN=C(N)N)NC(=O)[C@H](CC(C)C)NC(=O)[C@H](CCC(=O)O)NC(=O)[C@H](CCCN=C(N)N)NC(=O)CNC(=O)[C@H](Cc1ccc(O)cc1)NC(=O)[C@H](CCCN=C(N)N)NC(=O)[C@@H](N)CCC(N)=O)C(=O)N[C@@H](CO)C(=O)N[C@@H](CC(=O)O)C(=O)N[C@@H](CCC(=O)O)C(=O)N[C@@H](Cc1ccccc1)C(=O)N[C@@H](CCC(=O)O)C(=O)NCC(=O)O. The number of guanidine groups is 4. The zero-order valence-corrected chi connectivity index (χ0v) is 79.4. The smallest absolute Gasteiger partial charge is 0.322 e. The van der Waals surface area contributed by atoms with Crippen molar-refractivity contribution in [2.24, 2.45) is 83.2 Å². The van der Waals surface area contributed by atoms with Gasteiger partial charge in [0.2, 0.25) is 94.5 Å². The number of carboxylic acids is 5. The van der Waals surface area contributed by atoms with E-state index in [9.17, 15) is 131 Å². The summed E-state index contributed by atoms with van der Waals surface area (Å²) in [5, 5.41) is 104. The molecule has 0 saturated heterocycles. The van der Waals surface area contributed by atoms with Crippen LogP contribution in [0.25, 0.3) is 0 Å². The molecule has 0 aliphatic carbocycles. The number of aliphatic carboxylic acids is 5. The number of aromatic hydroxyl groups is 1. The van der Waals surface area contributed by atoms with Gasteiger partial charge in [-0.05, 0) is 131 Å². The Morgan fingerprint density at radius 2 is 0.627 bits per heavy atom. The molecule has 0 radical (unpaired) electrons. The van der Waals surface area contributed by atoms with Gasteiger partial charge in [0.05, 0.1) is 25.6 Å². The number of thioether (sulfide) groups is 1. The molecule has 0 spiro atoms. The van der Waals surface area contributed by atoms with Gasteiger partial charge < -0.3 is 173 Å². The van der Waals surface area contributed by atoms with E-state index in [0.717, 1.165) is 11.8 Å². The van der Waals surface area contributed by atoms with E-state index < -0.39 is 298 Å². The Labute approximate surface area is 818 Å². The third-order valence-electron chi connectivity index (χ3n) is 20.4. The summed E-state index contributed by atoms with van der Waals surface area (Å²) < 4.78 is 0. The minimum Gasteiger partial charge on any atom is -0.508 e. The van der Waals surface area contributed by atoms with Crippen LogP contribution in [0, 0.1) is 5.92 Å². The number of aliphatic hydroxyl groups excluding tert-OH is 1. The fourth-order valence-electron chi connectivity index (χ4n) is 13.1. The Morgan fingerprint density at radius 1 is 0.324 bits per heavy atom. The lowest BCUT2D eigenvalue weighted by Gasteiger charge is -2.28. The number of nitrogens with zero attached hydrogens (tertiary/aromatic N) is 4. The Bertz CT molecular complexity index is 4730. The summed E-state index contributed by atoms with van der Waals surface area (Å²) in [7, 11) is 0. The second-order valence-corrected chi connectivity index (χ2v) is 33.6. The molecule has 58 heteroatoms. The van der Waals surface area contributed by atoms with E-state index in [0.29, 0.717) is 11.1 Å². The number of carbonyl (C=O) groups is 21. The van der Waals surface area contributed by atoms with Gasteiger partial charge >= 0.3 is 29.8 Å². The number of nitrogens with one attached hydrogen (secondary N) is 15. The van der Waals surface area contributed by atoms with E-state index in [1.165, 1.54) is 48.5 Å². The number of aliphatic imine (C=N–C) groups is 4. The average molecular weight is 2030 g/mol. The lowest BCUT2D eigenvalue weighted by molar-refractivity contribution is -0.142. The summed E-state index contributed by atoms with van der Waals surface area (Å²) in [4.78, 5) is 300. The highest BCUT2D eigenvalue weighted by Crippen LogP contribution is 2.17. The minimum absolute atomic E-state index is 0.0217. The van der Waals surface area contributed by atoms with Crippen molar-refractivity contribution in [1.82, 2.24) is 79.8 Å². The van der Waals surface area contributed by atoms with Crippen LogP contribution in [0.2, 0.25) is 0 Å². The Morgan fingerprint density at radius 3 is 0.993 bits per heavy atom. The van der Waals surface area contributed by atoms with Gasteiger partial charge in [-0.15, -0.1) is 0 Å². The topological polar surface area (TPSA) is 990 Å². The molecule has 2 aromatic carbocycles. The first kappa shape index (κ1) is 123. The lowest BCUT2D eigenvalue weighted by atomic mass is 10.0. The van der Waals surface area contributed by atoms with E-state index in [1.54, 1.807) is 26.2 Å². The number of primary amides is 1. The van der Waals surface area contributed by atoms with E-state index in [2.05, 4.69) is 94.4 Å². The van der Waals surface area contributed by atoms with Crippen LogP contribution in [-0.2, 0) is 114 Å². The molecule has 57 nitrogen and oxygen atoms in total. The third-order valence-corrected chi connectivity index (χ3v) is 21.0. The van der Waals surface area contributed by atoms with Gasteiger partial charge in [0, 0.05) is 64.7 Å². The zero-order chi connectivity index (χ0) is 107. The van der Waals surface area contributed by atoms with Crippen molar-refractivity contribution in [2.75, 3.05) is 57.9 Å². The molecule has 2 aromatic rings. The van der Waals surface area contributed by atoms with Gasteiger partial charge in [-0.3, -0.25) is 121 Å². The second-order valence-electron chi connectivity index (χ2n) is 32.6. The standard InChI is InChI=1S/C84H133N29O28S/c1-42(2)35-55(109-74(135)52(23-27-63(120)121)106-70(131)47(13-7-30-95-81(87)88)101-61(117)39-99-69(130)56(37-44-17-19-45(115)20-18-44)110-73(134)48(14-8-31-96-82(89)90)102-67(128)46(85)21-25-60(86)116)77(138)104-50(16-10-33-98-84(93)94)71(132)103-49(15-9-32-97-83(91)92)72(133)108-54(29-34-142-3)76(137)113-59(41-114)80(141)112-58(38-65(124)125)79(140)107-53(24-28-64(122)123)75(136)111-57(36-43-11-5-4-6-12-43)78(139)105-51(22-26-62(118)119)68(129)100-40-66(126)127/h4-6,11-12,17-20,42,46-59,114-115H,7-10,13-16,21-41,85H2,1-3H3,(H2,86,116)(H,99,130)(H,100,129)(H,101,117)(H,102,128)(H,103,132)(H,104,138)(H,105,139)(H,106,131)(H,107,140)(H,108,133)(H,109,135)(H,110,134)(H,111,136)(H,112,141)(H,113,137)(H,118,119)(H,120,121)(H,122,123)(H,124,125)(H,126,127)(H4,87,88,95)(H4,89,90,96)(H4,91,92,97)(H4,93,94,98)/t46-,47-,48-,49-,50-,51-,52-,53-,54-,55-,56-,57-,58-,59-/m0/s1. The van der Waals surface area contributed by atoms with Gasteiger partial charge in [-0.2, -0.15) is 11.8 Å². The predicted molar refractivity (Wildman–Crippen MR) is 509 cm³/mol. The molecule has 142 heavy (non-hydrogen) atoms. The number of rotatable bonds is 71. The third kappa shape index (κ3) is 52.3. The van der Waals surface area contributed by atoms with Crippen molar-refractivity contribution < 1.29 is 136 Å². The first-order valence-corrected chi connectivity index (χ1v) is 46.1. The van der Waals surface area contributed by atoms with Crippen molar-refractivity contribution in [3.63, 3.8) is 0 Å². The molecule has 42 N–H and O–H groups in total. The zero-order valence-electron chi connectivity index (χ0n) is 78.5. The van der Waals surface area contributed by atoms with Crippen LogP contribution in [0.15, 0.2) is 74.6 Å². The first-order valence-electron chi connectivity index (χ1n) is 44.7. The van der Waals surface area contributed by atoms with Crippen molar-refractivity contribution in [1.29, 1.82) is 0 Å². The van der Waals surface area contributed by atoms with E-state index in [4.69, 9.17) is 62.4 Å². The summed E-state index contributed by atoms with van der Waals surface area (Å²) in [6, 6.07) is -11.4. The molecule has 16 amide bonds. The molecule has 788 valence electrons. The molecule has 0 unspecified atom stereocenters. The number of phenols is 1. The van der Waals surface area contributed by atoms with E-state index in [1.807, 2.05) is 5.32 Å². The summed E-state index contributed by atoms with van der Waals surface area (Å²) in [6.45, 7) is -0.522. The summed E-state index contributed by atoms with van der Waals surface area (Å²) in [5.41, 5.74) is 56.4. The van der Waals surface area contributed by atoms with Crippen molar-refractivity contribution in [3.05, 3.63) is 65.7 Å². The number of benzene rings is 2. The maximum atomic E-state index is 14.9. The van der Waals surface area contributed by atoms with Gasteiger partial charge in [0.25, 0.3) is 0 Å². The van der Waals surface area contributed by atoms with Crippen molar-refractivity contribution >= 4 is 160 Å². The molecular weight excluding hydrogens is 1900 g/mol. The fourth-order valence-corrected chi connectivity index (χ4v) is 13.6. The number of hydrogen-bond acceptors (Lipinski definition) is 29. The van der Waals surface area contributed by atoms with Crippen molar-refractivity contribution in [3.8, 4) is 5.75 Å². The lowest BCUT2D eigenvalue weighted by Crippen LogP contribution is -2.61. The molecule has 14 atom stereocenters. The van der Waals surface area contributed by atoms with Crippen LogP contribution >= 0.6 is 11.8 Å². The average Bonchev–Trinajstić information content (AvgIpc) is 0.841. The number of aliphatic hydroxyl groups is 1. The number of carboxylic acid groups (broad SMARTS) is 5. The number of hydrogen-bond donors (Lipinski definition) is 32. The molecular formula is C84H133N29O28S. The summed E-state index contributed by atoms with van der Waals surface area (Å²) in [5.74, 6) is -28.1. The Kier molecular flexibility index (Phi) is 57.0. The normalized spacial score (nSPS) is 13.8.